The Morgan fingerprint density at radius 3 is 1.50 bits per heavy atom. The zero-order chi connectivity index (χ0) is 18.3. The molecule has 24 heavy (non-hydrogen) atoms. The second-order valence-electron chi connectivity index (χ2n) is 7.09. The van der Waals surface area contributed by atoms with Crippen LogP contribution in [0.5, 0.6) is 0 Å². The largest absolute Gasteiger partial charge is 0.392 e. The molecule has 2 N–H and O–H groups in total. The Labute approximate surface area is 150 Å². The molecule has 0 saturated carbocycles. The van der Waals surface area contributed by atoms with E-state index in [2.05, 4.69) is 13.8 Å². The zero-order valence-electron chi connectivity index (χ0n) is 15.9. The summed E-state index contributed by atoms with van der Waals surface area (Å²) < 4.78 is 32.4. The molecule has 2 atom stereocenters. The first-order chi connectivity index (χ1) is 11.4. The van der Waals surface area contributed by atoms with E-state index in [1.165, 1.54) is 38.5 Å². The van der Waals surface area contributed by atoms with E-state index >= 15 is 0 Å². The average molecular weight is 365 g/mol. The van der Waals surface area contributed by atoms with E-state index in [0.717, 1.165) is 44.9 Å². The molecule has 0 rings (SSSR count). The average Bonchev–Trinajstić information content (AvgIpc) is 2.52. The fourth-order valence-electron chi connectivity index (χ4n) is 3.16. The Morgan fingerprint density at radius 2 is 1.04 bits per heavy atom. The summed E-state index contributed by atoms with van der Waals surface area (Å²) >= 11 is 0. The number of hydrogen-bond donors (Lipinski definition) is 2. The molecule has 0 aliphatic rings. The highest BCUT2D eigenvalue weighted by Gasteiger charge is 2.29. The molecule has 0 aromatic carbocycles. The Morgan fingerprint density at radius 1 is 0.667 bits per heavy atom. The van der Waals surface area contributed by atoms with Crippen molar-refractivity contribution < 1.29 is 18.1 Å². The van der Waals surface area contributed by atoms with Crippen molar-refractivity contribution in [1.29, 1.82) is 0 Å². The van der Waals surface area contributed by atoms with Crippen molar-refractivity contribution in [2.75, 3.05) is 0 Å². The molecule has 0 aliphatic heterocycles. The molecule has 0 spiro atoms. The summed E-state index contributed by atoms with van der Waals surface area (Å²) in [5.74, 6) is 0. The minimum Gasteiger partial charge on any atom is -0.392 e. The van der Waals surface area contributed by atoms with Gasteiger partial charge in [0.05, 0.1) is 6.10 Å². The highest BCUT2D eigenvalue weighted by Crippen LogP contribution is 2.20. The molecule has 0 amide bonds. The highest BCUT2D eigenvalue weighted by atomic mass is 32.2. The van der Waals surface area contributed by atoms with Gasteiger partial charge in [-0.15, -0.1) is 0 Å². The topological polar surface area (TPSA) is 74.6 Å². The van der Waals surface area contributed by atoms with Crippen LogP contribution in [0.2, 0.25) is 0 Å². The van der Waals surface area contributed by atoms with Crippen LogP contribution in [-0.2, 0) is 10.1 Å². The van der Waals surface area contributed by atoms with E-state index in [1.807, 2.05) is 0 Å². The first-order valence-corrected chi connectivity index (χ1v) is 11.6. The van der Waals surface area contributed by atoms with Gasteiger partial charge in [-0.1, -0.05) is 97.3 Å². The van der Waals surface area contributed by atoms with E-state index in [0.29, 0.717) is 12.8 Å². The Bertz CT molecular complexity index is 368. The molecule has 4 nitrogen and oxygen atoms in total. The maximum Gasteiger partial charge on any atom is 0.270 e. The maximum absolute atomic E-state index is 11.5. The number of rotatable bonds is 17. The summed E-state index contributed by atoms with van der Waals surface area (Å²) in [5.41, 5.74) is 0. The Balaban J connectivity index is 3.92. The third kappa shape index (κ3) is 13.2. The third-order valence-electron chi connectivity index (χ3n) is 4.76. The van der Waals surface area contributed by atoms with Crippen LogP contribution >= 0.6 is 0 Å². The normalized spacial score (nSPS) is 14.7. The van der Waals surface area contributed by atoms with E-state index < -0.39 is 21.5 Å². The van der Waals surface area contributed by atoms with Crippen LogP contribution in [0.1, 0.15) is 110 Å². The quantitative estimate of drug-likeness (QED) is 0.264. The van der Waals surface area contributed by atoms with Gasteiger partial charge in [-0.25, -0.2) is 0 Å². The lowest BCUT2D eigenvalue weighted by Gasteiger charge is -2.20. The van der Waals surface area contributed by atoms with Gasteiger partial charge in [0, 0.05) is 0 Å². The van der Waals surface area contributed by atoms with Crippen molar-refractivity contribution in [2.45, 2.75) is 122 Å². The smallest absolute Gasteiger partial charge is 0.270 e. The fraction of sp³-hybridized carbons (Fsp3) is 1.00. The van der Waals surface area contributed by atoms with Gasteiger partial charge in [-0.3, -0.25) is 4.55 Å². The number of hydrogen-bond acceptors (Lipinski definition) is 3. The van der Waals surface area contributed by atoms with Crippen LogP contribution in [0.25, 0.3) is 0 Å². The summed E-state index contributed by atoms with van der Waals surface area (Å²) in [6, 6.07) is 0. The van der Waals surface area contributed by atoms with E-state index in [9.17, 15) is 18.1 Å². The van der Waals surface area contributed by atoms with Crippen molar-refractivity contribution in [2.24, 2.45) is 0 Å². The maximum atomic E-state index is 11.5. The summed E-state index contributed by atoms with van der Waals surface area (Å²) in [6.45, 7) is 4.32. The van der Waals surface area contributed by atoms with Crippen LogP contribution < -0.4 is 0 Å². The molecule has 0 aliphatic carbocycles. The number of aliphatic hydroxyl groups is 1. The molecule has 0 aromatic heterocycles. The predicted molar refractivity (Wildman–Crippen MR) is 102 cm³/mol. The van der Waals surface area contributed by atoms with Crippen molar-refractivity contribution >= 4 is 10.1 Å². The van der Waals surface area contributed by atoms with E-state index in [1.54, 1.807) is 0 Å². The Kier molecular flexibility index (Phi) is 15.1. The SMILES string of the molecule is CCCCCCCCCCCC(C(O)CCCCCC)S(=O)(=O)O. The first kappa shape index (κ1) is 23.9. The van der Waals surface area contributed by atoms with Crippen LogP contribution in [-0.4, -0.2) is 29.4 Å². The van der Waals surface area contributed by atoms with Gasteiger partial charge in [0.1, 0.15) is 5.25 Å². The lowest BCUT2D eigenvalue weighted by Crippen LogP contribution is -2.33. The highest BCUT2D eigenvalue weighted by molar-refractivity contribution is 7.86. The molecule has 2 unspecified atom stereocenters. The van der Waals surface area contributed by atoms with Gasteiger partial charge in [0.25, 0.3) is 10.1 Å². The monoisotopic (exact) mass is 364 g/mol. The second-order valence-corrected chi connectivity index (χ2v) is 8.72. The van der Waals surface area contributed by atoms with Gasteiger partial charge < -0.3 is 5.11 Å². The van der Waals surface area contributed by atoms with Crippen LogP contribution in [0.15, 0.2) is 0 Å². The lowest BCUT2D eigenvalue weighted by molar-refractivity contribution is 0.146. The van der Waals surface area contributed by atoms with Gasteiger partial charge in [-0.05, 0) is 12.8 Å². The summed E-state index contributed by atoms with van der Waals surface area (Å²) in [4.78, 5) is 0. The Hall–Kier alpha value is -0.130. The van der Waals surface area contributed by atoms with E-state index in [4.69, 9.17) is 0 Å². The zero-order valence-corrected chi connectivity index (χ0v) is 16.7. The minimum atomic E-state index is -4.16. The lowest BCUT2D eigenvalue weighted by atomic mass is 10.0. The minimum absolute atomic E-state index is 0.365. The van der Waals surface area contributed by atoms with Gasteiger partial charge >= 0.3 is 0 Å². The number of aliphatic hydroxyl groups excluding tert-OH is 1. The fourth-order valence-corrected chi connectivity index (χ4v) is 4.16. The third-order valence-corrected chi connectivity index (χ3v) is 6.07. The summed E-state index contributed by atoms with van der Waals surface area (Å²) in [7, 11) is -4.16. The first-order valence-electron chi connectivity index (χ1n) is 10.1. The second kappa shape index (κ2) is 15.2. The van der Waals surface area contributed by atoms with Crippen LogP contribution in [0.3, 0.4) is 0 Å². The van der Waals surface area contributed by atoms with Crippen molar-refractivity contribution in [3.63, 3.8) is 0 Å². The molecule has 0 aromatic rings. The van der Waals surface area contributed by atoms with E-state index in [-0.39, 0.29) is 0 Å². The molecule has 0 radical (unpaired) electrons. The standard InChI is InChI=1S/C19H40O4S/c1-3-5-7-9-10-11-12-13-15-17-19(24(21,22)23)18(20)16-14-8-6-4-2/h18-20H,3-17H2,1-2H3,(H,21,22,23). The predicted octanol–water partition coefficient (Wildman–Crippen LogP) is 5.50. The summed E-state index contributed by atoms with van der Waals surface area (Å²) in [5, 5.41) is 9.12. The van der Waals surface area contributed by atoms with Crippen LogP contribution in [0.4, 0.5) is 0 Å². The molecular weight excluding hydrogens is 324 g/mol. The summed E-state index contributed by atoms with van der Waals surface area (Å²) in [6.07, 6.45) is 14.4. The van der Waals surface area contributed by atoms with Crippen molar-refractivity contribution in [3.05, 3.63) is 0 Å². The van der Waals surface area contributed by atoms with Gasteiger partial charge in [-0.2, -0.15) is 8.42 Å². The van der Waals surface area contributed by atoms with Crippen molar-refractivity contribution in [1.82, 2.24) is 0 Å². The molecule has 0 bridgehead atoms. The molecule has 146 valence electrons. The van der Waals surface area contributed by atoms with Gasteiger partial charge in [0.15, 0.2) is 0 Å². The molecule has 5 heteroatoms. The number of unbranched alkanes of at least 4 members (excludes halogenated alkanes) is 11. The van der Waals surface area contributed by atoms with Gasteiger partial charge in [0.2, 0.25) is 0 Å². The molecule has 0 fully saturated rings. The van der Waals surface area contributed by atoms with Crippen LogP contribution in [0, 0.1) is 0 Å². The molecule has 0 saturated heterocycles. The molecular formula is C19H40O4S. The molecule has 0 heterocycles. The van der Waals surface area contributed by atoms with Crippen molar-refractivity contribution in [3.8, 4) is 0 Å².